The van der Waals surface area contributed by atoms with Gasteiger partial charge >= 0.3 is 5.97 Å². The van der Waals surface area contributed by atoms with Crippen LogP contribution in [0.4, 0.5) is 0 Å². The second kappa shape index (κ2) is 6.19. The van der Waals surface area contributed by atoms with Crippen molar-refractivity contribution in [1.82, 2.24) is 9.55 Å². The Bertz CT molecular complexity index is 623. The quantitative estimate of drug-likeness (QED) is 0.910. The normalized spacial score (nSPS) is 10.8. The second-order valence-electron chi connectivity index (χ2n) is 4.31. The molecular weight excluding hydrogens is 324 g/mol. The van der Waals surface area contributed by atoms with Crippen LogP contribution in [0, 0.1) is 6.92 Å². The summed E-state index contributed by atoms with van der Waals surface area (Å²) in [5, 5.41) is 9.37. The van der Waals surface area contributed by atoms with Crippen LogP contribution in [0.15, 0.2) is 29.0 Å². The van der Waals surface area contributed by atoms with E-state index in [0.717, 1.165) is 11.3 Å². The van der Waals surface area contributed by atoms with Crippen LogP contribution >= 0.6 is 15.9 Å². The summed E-state index contributed by atoms with van der Waals surface area (Å²) in [5.41, 5.74) is 2.65. The van der Waals surface area contributed by atoms with Gasteiger partial charge in [0.2, 0.25) is 0 Å². The maximum atomic E-state index is 11.4. The lowest BCUT2D eigenvalue weighted by molar-refractivity contribution is 0.0695. The zero-order chi connectivity index (χ0) is 14.7. The molecular formula is C14H15BrN2O3. The smallest absolute Gasteiger partial charge is 0.338 e. The van der Waals surface area contributed by atoms with E-state index in [-0.39, 0.29) is 5.56 Å². The number of carbonyl (C=O) groups is 1. The summed E-state index contributed by atoms with van der Waals surface area (Å²) in [4.78, 5) is 15.5. The topological polar surface area (TPSA) is 64.3 Å². The van der Waals surface area contributed by atoms with Gasteiger partial charge in [-0.15, -0.1) is 0 Å². The minimum absolute atomic E-state index is 0.278. The molecule has 0 bridgehead atoms. The molecule has 0 atom stereocenters. The summed E-state index contributed by atoms with van der Waals surface area (Å²) in [6.45, 7) is 2.89. The van der Waals surface area contributed by atoms with Crippen molar-refractivity contribution < 1.29 is 14.6 Å². The molecule has 1 N–H and O–H groups in total. The first kappa shape index (κ1) is 14.7. The first-order valence-electron chi connectivity index (χ1n) is 6.09. The molecule has 2 heterocycles. The Labute approximate surface area is 125 Å². The van der Waals surface area contributed by atoms with Gasteiger partial charge in [-0.05, 0) is 35.0 Å². The van der Waals surface area contributed by atoms with Crippen LogP contribution in [0.3, 0.4) is 0 Å². The lowest BCUT2D eigenvalue weighted by Crippen LogP contribution is -2.08. The summed E-state index contributed by atoms with van der Waals surface area (Å²) in [7, 11) is 1.62. The van der Waals surface area contributed by atoms with E-state index in [2.05, 4.69) is 20.9 Å². The van der Waals surface area contributed by atoms with E-state index >= 15 is 0 Å². The second-order valence-corrected chi connectivity index (χ2v) is 5.11. The van der Waals surface area contributed by atoms with Crippen molar-refractivity contribution in [2.45, 2.75) is 13.5 Å². The number of hydrogen-bond acceptors (Lipinski definition) is 3. The standard InChI is InChI=1S/C14H15BrN2O3/c1-9-11(14(18)19)12(15)13(17(9)6-7-20-2)10-4-3-5-16-8-10/h3-5,8H,6-7H2,1-2H3,(H,18,19). The van der Waals surface area contributed by atoms with E-state index in [0.29, 0.717) is 23.3 Å². The van der Waals surface area contributed by atoms with Crippen molar-refractivity contribution >= 4 is 21.9 Å². The van der Waals surface area contributed by atoms with Crippen molar-refractivity contribution in [3.63, 3.8) is 0 Å². The number of rotatable bonds is 5. The van der Waals surface area contributed by atoms with E-state index in [1.807, 2.05) is 16.7 Å². The van der Waals surface area contributed by atoms with Gasteiger partial charge in [0.15, 0.2) is 0 Å². The van der Waals surface area contributed by atoms with E-state index in [1.165, 1.54) is 0 Å². The van der Waals surface area contributed by atoms with Crippen molar-refractivity contribution in [2.24, 2.45) is 0 Å². The van der Waals surface area contributed by atoms with E-state index in [4.69, 9.17) is 4.74 Å². The van der Waals surface area contributed by atoms with Crippen molar-refractivity contribution in [2.75, 3.05) is 13.7 Å². The van der Waals surface area contributed by atoms with Crippen LogP contribution in [0.5, 0.6) is 0 Å². The fourth-order valence-electron chi connectivity index (χ4n) is 2.19. The maximum Gasteiger partial charge on any atom is 0.338 e. The molecule has 5 nitrogen and oxygen atoms in total. The Morgan fingerprint density at radius 1 is 1.55 bits per heavy atom. The SMILES string of the molecule is COCCn1c(C)c(C(=O)O)c(Br)c1-c1cccnc1. The van der Waals surface area contributed by atoms with E-state index in [9.17, 15) is 9.90 Å². The van der Waals surface area contributed by atoms with Gasteiger partial charge in [-0.3, -0.25) is 4.98 Å². The van der Waals surface area contributed by atoms with Gasteiger partial charge in [-0.1, -0.05) is 0 Å². The molecule has 2 aromatic rings. The molecule has 6 heteroatoms. The minimum atomic E-state index is -0.948. The largest absolute Gasteiger partial charge is 0.478 e. The van der Waals surface area contributed by atoms with Gasteiger partial charge in [-0.25, -0.2) is 4.79 Å². The highest BCUT2D eigenvalue weighted by atomic mass is 79.9. The van der Waals surface area contributed by atoms with E-state index in [1.54, 1.807) is 26.4 Å². The summed E-state index contributed by atoms with van der Waals surface area (Å²) < 4.78 is 7.62. The Kier molecular flexibility index (Phi) is 4.57. The van der Waals surface area contributed by atoms with Crippen molar-refractivity contribution in [3.05, 3.63) is 40.3 Å². The highest BCUT2D eigenvalue weighted by Crippen LogP contribution is 2.35. The number of carboxylic acid groups (broad SMARTS) is 1. The highest BCUT2D eigenvalue weighted by molar-refractivity contribution is 9.10. The highest BCUT2D eigenvalue weighted by Gasteiger charge is 2.24. The van der Waals surface area contributed by atoms with Crippen LogP contribution in [0.25, 0.3) is 11.3 Å². The summed E-state index contributed by atoms with van der Waals surface area (Å²) in [6.07, 6.45) is 3.40. The summed E-state index contributed by atoms with van der Waals surface area (Å²) in [6, 6.07) is 3.73. The molecule has 0 aliphatic heterocycles. The van der Waals surface area contributed by atoms with E-state index < -0.39 is 5.97 Å². The zero-order valence-corrected chi connectivity index (χ0v) is 12.8. The zero-order valence-electron chi connectivity index (χ0n) is 11.3. The molecule has 2 aromatic heterocycles. The number of ether oxygens (including phenoxy) is 1. The average Bonchev–Trinajstić information content (AvgIpc) is 2.68. The molecule has 0 aromatic carbocycles. The van der Waals surface area contributed by atoms with Gasteiger partial charge in [0.25, 0.3) is 0 Å². The molecule has 2 rings (SSSR count). The van der Waals surface area contributed by atoms with Crippen LogP contribution in [-0.2, 0) is 11.3 Å². The fraction of sp³-hybridized carbons (Fsp3) is 0.286. The van der Waals surface area contributed by atoms with Crippen molar-refractivity contribution in [1.29, 1.82) is 0 Å². The monoisotopic (exact) mass is 338 g/mol. The Morgan fingerprint density at radius 3 is 2.85 bits per heavy atom. The Hall–Kier alpha value is -1.66. The molecule has 0 fully saturated rings. The predicted molar refractivity (Wildman–Crippen MR) is 78.9 cm³/mol. The van der Waals surface area contributed by atoms with Gasteiger partial charge in [0.05, 0.1) is 22.3 Å². The number of carboxylic acids is 1. The van der Waals surface area contributed by atoms with Crippen LogP contribution in [0.1, 0.15) is 16.1 Å². The lowest BCUT2D eigenvalue weighted by atomic mass is 10.2. The van der Waals surface area contributed by atoms with Crippen molar-refractivity contribution in [3.8, 4) is 11.3 Å². The molecule has 20 heavy (non-hydrogen) atoms. The average molecular weight is 339 g/mol. The van der Waals surface area contributed by atoms with Gasteiger partial charge in [-0.2, -0.15) is 0 Å². The number of nitrogens with zero attached hydrogens (tertiary/aromatic N) is 2. The third-order valence-corrected chi connectivity index (χ3v) is 3.90. The molecule has 0 spiro atoms. The molecule has 0 amide bonds. The summed E-state index contributed by atoms with van der Waals surface area (Å²) in [5.74, 6) is -0.948. The number of aromatic carboxylic acids is 1. The first-order chi connectivity index (χ1) is 9.57. The number of methoxy groups -OCH3 is 1. The molecule has 0 unspecified atom stereocenters. The third kappa shape index (κ3) is 2.62. The Balaban J connectivity index is 2.64. The lowest BCUT2D eigenvalue weighted by Gasteiger charge is -2.11. The minimum Gasteiger partial charge on any atom is -0.478 e. The molecule has 106 valence electrons. The first-order valence-corrected chi connectivity index (χ1v) is 6.88. The van der Waals surface area contributed by atoms with Crippen LogP contribution in [-0.4, -0.2) is 34.3 Å². The summed E-state index contributed by atoms with van der Waals surface area (Å²) >= 11 is 3.41. The molecule has 0 saturated carbocycles. The Morgan fingerprint density at radius 2 is 2.30 bits per heavy atom. The molecule has 0 radical (unpaired) electrons. The van der Waals surface area contributed by atoms with Crippen LogP contribution < -0.4 is 0 Å². The number of halogens is 1. The number of aromatic nitrogens is 2. The predicted octanol–water partition coefficient (Wildman–Crippen LogP) is 2.97. The fourth-order valence-corrected chi connectivity index (χ4v) is 3.09. The van der Waals surface area contributed by atoms with Gasteiger partial charge < -0.3 is 14.4 Å². The molecule has 0 saturated heterocycles. The number of pyridine rings is 1. The molecule has 0 aliphatic rings. The maximum absolute atomic E-state index is 11.4. The van der Waals surface area contributed by atoms with Gasteiger partial charge in [0.1, 0.15) is 0 Å². The number of hydrogen-bond donors (Lipinski definition) is 1. The third-order valence-electron chi connectivity index (χ3n) is 3.13. The van der Waals surface area contributed by atoms with Gasteiger partial charge in [0, 0.05) is 37.3 Å². The van der Waals surface area contributed by atoms with Crippen LogP contribution in [0.2, 0.25) is 0 Å². The molecule has 0 aliphatic carbocycles.